The summed E-state index contributed by atoms with van der Waals surface area (Å²) in [6.45, 7) is 14.0. The van der Waals surface area contributed by atoms with Gasteiger partial charge in [0.1, 0.15) is 12.1 Å². The average Bonchev–Trinajstić information content (AvgIpc) is 3.16. The van der Waals surface area contributed by atoms with Crippen molar-refractivity contribution in [3.05, 3.63) is 53.5 Å². The normalized spacial score (nSPS) is 16.1. The van der Waals surface area contributed by atoms with Crippen molar-refractivity contribution in [1.29, 1.82) is 0 Å². The van der Waals surface area contributed by atoms with Crippen LogP contribution < -0.4 is 4.90 Å². The molecule has 0 bridgehead atoms. The number of hydrogen-bond donors (Lipinski definition) is 0. The molecule has 4 rings (SSSR count). The molecule has 1 fully saturated rings. The lowest BCUT2D eigenvalue weighted by molar-refractivity contribution is 0.249. The second-order valence-corrected chi connectivity index (χ2v) is 8.64. The van der Waals surface area contributed by atoms with Gasteiger partial charge in [-0.05, 0) is 23.0 Å². The van der Waals surface area contributed by atoms with E-state index in [0.29, 0.717) is 5.78 Å². The number of hydrogen-bond acceptors (Lipinski definition) is 5. The Morgan fingerprint density at radius 1 is 1.00 bits per heavy atom. The number of nitrogens with zero attached hydrogens (tertiary/aromatic N) is 6. The van der Waals surface area contributed by atoms with Gasteiger partial charge in [0, 0.05) is 44.5 Å². The van der Waals surface area contributed by atoms with Gasteiger partial charge in [-0.25, -0.2) is 4.98 Å². The number of benzene rings is 1. The number of fused-ring (bicyclic) bond motifs is 1. The van der Waals surface area contributed by atoms with Crippen LogP contribution in [0.4, 0.5) is 5.82 Å². The van der Waals surface area contributed by atoms with Crippen LogP contribution in [0.3, 0.4) is 0 Å². The molecule has 0 radical (unpaired) electrons. The molecule has 0 atom stereocenters. The Labute approximate surface area is 167 Å². The highest BCUT2D eigenvalue weighted by atomic mass is 15.4. The molecule has 0 amide bonds. The minimum atomic E-state index is 0.207. The van der Waals surface area contributed by atoms with Crippen molar-refractivity contribution in [2.24, 2.45) is 0 Å². The van der Waals surface area contributed by atoms with Gasteiger partial charge in [-0.2, -0.15) is 14.6 Å². The summed E-state index contributed by atoms with van der Waals surface area (Å²) in [6.07, 6.45) is 2.49. The zero-order valence-electron chi connectivity index (χ0n) is 17.4. The summed E-state index contributed by atoms with van der Waals surface area (Å²) < 4.78 is 1.86. The van der Waals surface area contributed by atoms with E-state index in [1.54, 1.807) is 6.33 Å². The molecular weight excluding hydrogens is 348 g/mol. The summed E-state index contributed by atoms with van der Waals surface area (Å²) in [5.74, 6) is 1.80. The Balaban J connectivity index is 1.42. The predicted octanol–water partition coefficient (Wildman–Crippen LogP) is 3.31. The Bertz CT molecular complexity index is 930. The second-order valence-electron chi connectivity index (χ2n) is 8.64. The van der Waals surface area contributed by atoms with Crippen LogP contribution in [-0.4, -0.2) is 50.7 Å². The highest BCUT2D eigenvalue weighted by Crippen LogP contribution is 2.23. The van der Waals surface area contributed by atoms with E-state index < -0.39 is 0 Å². The summed E-state index contributed by atoms with van der Waals surface area (Å²) >= 11 is 0. The van der Waals surface area contributed by atoms with E-state index >= 15 is 0 Å². The van der Waals surface area contributed by atoms with E-state index in [9.17, 15) is 0 Å². The van der Waals surface area contributed by atoms with Gasteiger partial charge in [0.25, 0.3) is 5.78 Å². The molecular formula is C22H30N6. The van der Waals surface area contributed by atoms with Crippen LogP contribution in [-0.2, 0) is 18.4 Å². The zero-order valence-corrected chi connectivity index (χ0v) is 17.4. The molecule has 2 aromatic heterocycles. The molecule has 0 N–H and O–H groups in total. The molecule has 1 aliphatic rings. The van der Waals surface area contributed by atoms with Crippen molar-refractivity contribution >= 4 is 11.6 Å². The third kappa shape index (κ3) is 3.87. The topological polar surface area (TPSA) is 49.6 Å². The van der Waals surface area contributed by atoms with Crippen LogP contribution in [0.5, 0.6) is 0 Å². The maximum absolute atomic E-state index is 4.56. The van der Waals surface area contributed by atoms with Crippen LogP contribution in [0.1, 0.15) is 44.5 Å². The number of rotatable bonds is 4. The van der Waals surface area contributed by atoms with Crippen LogP contribution in [0.2, 0.25) is 0 Å². The summed E-state index contributed by atoms with van der Waals surface area (Å²) in [5, 5.41) is 4.37. The van der Waals surface area contributed by atoms with Gasteiger partial charge in [0.05, 0.1) is 0 Å². The maximum atomic E-state index is 4.56. The van der Waals surface area contributed by atoms with Crippen molar-refractivity contribution in [2.45, 2.75) is 46.1 Å². The maximum Gasteiger partial charge on any atom is 0.254 e. The monoisotopic (exact) mass is 378 g/mol. The highest BCUT2D eigenvalue weighted by molar-refractivity contribution is 5.47. The van der Waals surface area contributed by atoms with Gasteiger partial charge in [0.2, 0.25) is 0 Å². The molecule has 1 saturated heterocycles. The molecule has 3 heterocycles. The van der Waals surface area contributed by atoms with Crippen LogP contribution >= 0.6 is 0 Å². The van der Waals surface area contributed by atoms with Crippen molar-refractivity contribution in [3.8, 4) is 0 Å². The smallest absolute Gasteiger partial charge is 0.254 e. The fourth-order valence-electron chi connectivity index (χ4n) is 3.75. The Kier molecular flexibility index (Phi) is 5.06. The van der Waals surface area contributed by atoms with Gasteiger partial charge in [0.15, 0.2) is 0 Å². The molecule has 0 saturated carbocycles. The van der Waals surface area contributed by atoms with Crippen molar-refractivity contribution in [1.82, 2.24) is 24.5 Å². The van der Waals surface area contributed by atoms with Crippen molar-refractivity contribution in [2.75, 3.05) is 31.1 Å². The fraction of sp³-hybridized carbons (Fsp3) is 0.500. The van der Waals surface area contributed by atoms with Crippen molar-refractivity contribution in [3.63, 3.8) is 0 Å². The largest absolute Gasteiger partial charge is 0.354 e. The minimum Gasteiger partial charge on any atom is -0.354 e. The fourth-order valence-corrected chi connectivity index (χ4v) is 3.75. The molecule has 1 aromatic carbocycles. The van der Waals surface area contributed by atoms with Gasteiger partial charge in [-0.3, -0.25) is 4.90 Å². The van der Waals surface area contributed by atoms with Gasteiger partial charge >= 0.3 is 0 Å². The first-order valence-corrected chi connectivity index (χ1v) is 10.2. The molecule has 148 valence electrons. The van der Waals surface area contributed by atoms with Gasteiger partial charge in [-0.15, -0.1) is 0 Å². The Morgan fingerprint density at radius 2 is 1.71 bits per heavy atom. The number of aryl methyl sites for hydroxylation is 1. The quantitative estimate of drug-likeness (QED) is 0.697. The lowest BCUT2D eigenvalue weighted by atomic mass is 9.87. The Morgan fingerprint density at radius 3 is 2.36 bits per heavy atom. The third-order valence-electron chi connectivity index (χ3n) is 5.57. The predicted molar refractivity (Wildman–Crippen MR) is 113 cm³/mol. The lowest BCUT2D eigenvalue weighted by Crippen LogP contribution is -2.46. The number of aromatic nitrogens is 4. The SMILES string of the molecule is CCc1cc(N2CCN(Cc3ccc(C(C)(C)C)cc3)CC2)n2ncnc2n1. The minimum absolute atomic E-state index is 0.207. The molecule has 1 aliphatic heterocycles. The molecule has 0 unspecified atom stereocenters. The number of anilines is 1. The van der Waals surface area contributed by atoms with Gasteiger partial charge in [-0.1, -0.05) is 52.0 Å². The highest BCUT2D eigenvalue weighted by Gasteiger charge is 2.21. The van der Waals surface area contributed by atoms with E-state index in [1.165, 1.54) is 11.1 Å². The average molecular weight is 379 g/mol. The van der Waals surface area contributed by atoms with Crippen LogP contribution in [0, 0.1) is 0 Å². The van der Waals surface area contributed by atoms with Crippen LogP contribution in [0.15, 0.2) is 36.7 Å². The van der Waals surface area contributed by atoms with Gasteiger partial charge < -0.3 is 4.90 Å². The summed E-state index contributed by atoms with van der Waals surface area (Å²) in [6, 6.07) is 11.3. The lowest BCUT2D eigenvalue weighted by Gasteiger charge is -2.36. The van der Waals surface area contributed by atoms with E-state index in [-0.39, 0.29) is 5.41 Å². The van der Waals surface area contributed by atoms with Crippen molar-refractivity contribution < 1.29 is 0 Å². The molecule has 6 heteroatoms. The van der Waals surface area contributed by atoms with Crippen LogP contribution in [0.25, 0.3) is 5.78 Å². The third-order valence-corrected chi connectivity index (χ3v) is 5.57. The summed E-state index contributed by atoms with van der Waals surface area (Å²) in [7, 11) is 0. The number of piperazine rings is 1. The van der Waals surface area contributed by atoms with E-state index in [0.717, 1.165) is 50.7 Å². The summed E-state index contributed by atoms with van der Waals surface area (Å²) in [5.41, 5.74) is 4.05. The Hall–Kier alpha value is -2.47. The van der Waals surface area contributed by atoms with E-state index in [4.69, 9.17) is 0 Å². The summed E-state index contributed by atoms with van der Waals surface area (Å²) in [4.78, 5) is 13.8. The second kappa shape index (κ2) is 7.51. The first kappa shape index (κ1) is 18.9. The van der Waals surface area contributed by atoms with E-state index in [1.807, 2.05) is 4.52 Å². The molecule has 0 aliphatic carbocycles. The van der Waals surface area contributed by atoms with E-state index in [2.05, 4.69) is 82.9 Å². The first-order chi connectivity index (χ1) is 13.4. The standard InChI is InChI=1S/C22H30N6/c1-5-19-14-20(28-21(25-19)23-16-24-28)27-12-10-26(11-13-27)15-17-6-8-18(9-7-17)22(2,3)4/h6-9,14,16H,5,10-13,15H2,1-4H3. The molecule has 28 heavy (non-hydrogen) atoms. The zero-order chi connectivity index (χ0) is 19.7. The molecule has 3 aromatic rings. The molecule has 0 spiro atoms. The first-order valence-electron chi connectivity index (χ1n) is 10.2. The molecule has 6 nitrogen and oxygen atoms in total.